The van der Waals surface area contributed by atoms with Crippen LogP contribution in [0.15, 0.2) is 6.20 Å². The molecule has 0 saturated heterocycles. The van der Waals surface area contributed by atoms with E-state index in [-0.39, 0.29) is 16.9 Å². The lowest BCUT2D eigenvalue weighted by Crippen LogP contribution is -2.12. The highest BCUT2D eigenvalue weighted by Gasteiger charge is 2.07. The SMILES string of the molecule is Cn1cc(NC(=O)CCl)c(Cl)n1. The van der Waals surface area contributed by atoms with Crippen LogP contribution in [-0.4, -0.2) is 21.6 Å². The number of aromatic nitrogens is 2. The van der Waals surface area contributed by atoms with Crippen molar-refractivity contribution in [3.05, 3.63) is 11.3 Å². The summed E-state index contributed by atoms with van der Waals surface area (Å²) in [5, 5.41) is 6.58. The molecule has 0 radical (unpaired) electrons. The molecule has 0 bridgehead atoms. The third kappa shape index (κ3) is 2.12. The van der Waals surface area contributed by atoms with Crippen molar-refractivity contribution >= 4 is 34.8 Å². The molecule has 12 heavy (non-hydrogen) atoms. The molecule has 1 heterocycles. The minimum atomic E-state index is -0.299. The molecule has 1 amide bonds. The van der Waals surface area contributed by atoms with Crippen molar-refractivity contribution in [1.29, 1.82) is 0 Å². The Morgan fingerprint density at radius 3 is 2.92 bits per heavy atom. The molecule has 66 valence electrons. The number of nitrogens with zero attached hydrogens (tertiary/aromatic N) is 2. The molecule has 0 aliphatic heterocycles. The van der Waals surface area contributed by atoms with E-state index in [1.807, 2.05) is 0 Å². The number of halogens is 2. The average Bonchev–Trinajstić information content (AvgIpc) is 2.30. The topological polar surface area (TPSA) is 46.9 Å². The molecule has 0 aliphatic carbocycles. The largest absolute Gasteiger partial charge is 0.321 e. The van der Waals surface area contributed by atoms with Crippen molar-refractivity contribution in [2.24, 2.45) is 7.05 Å². The first-order valence-electron chi connectivity index (χ1n) is 3.18. The van der Waals surface area contributed by atoms with Crippen molar-refractivity contribution < 1.29 is 4.79 Å². The Kier molecular flexibility index (Phi) is 2.94. The lowest BCUT2D eigenvalue weighted by Gasteiger charge is -1.97. The zero-order chi connectivity index (χ0) is 9.14. The van der Waals surface area contributed by atoms with Gasteiger partial charge in [-0.15, -0.1) is 11.6 Å². The monoisotopic (exact) mass is 207 g/mol. The van der Waals surface area contributed by atoms with Gasteiger partial charge in [-0.25, -0.2) is 0 Å². The van der Waals surface area contributed by atoms with Crippen molar-refractivity contribution in [1.82, 2.24) is 9.78 Å². The van der Waals surface area contributed by atoms with Gasteiger partial charge in [0.25, 0.3) is 0 Å². The van der Waals surface area contributed by atoms with Gasteiger partial charge in [0, 0.05) is 13.2 Å². The number of nitrogens with one attached hydrogen (secondary N) is 1. The third-order valence-electron chi connectivity index (χ3n) is 1.18. The van der Waals surface area contributed by atoms with Gasteiger partial charge < -0.3 is 5.32 Å². The lowest BCUT2D eigenvalue weighted by atomic mass is 10.5. The van der Waals surface area contributed by atoms with Crippen LogP contribution in [0.3, 0.4) is 0 Å². The number of carbonyl (C=O) groups is 1. The zero-order valence-electron chi connectivity index (χ0n) is 6.34. The van der Waals surface area contributed by atoms with Crippen LogP contribution in [0.5, 0.6) is 0 Å². The summed E-state index contributed by atoms with van der Waals surface area (Å²) in [7, 11) is 1.71. The number of amides is 1. The number of alkyl halides is 1. The summed E-state index contributed by atoms with van der Waals surface area (Å²) < 4.78 is 1.51. The van der Waals surface area contributed by atoms with Crippen molar-refractivity contribution in [3.63, 3.8) is 0 Å². The first-order valence-corrected chi connectivity index (χ1v) is 4.09. The number of anilines is 1. The van der Waals surface area contributed by atoms with E-state index in [0.29, 0.717) is 5.69 Å². The second-order valence-corrected chi connectivity index (χ2v) is 2.81. The number of rotatable bonds is 2. The van der Waals surface area contributed by atoms with Gasteiger partial charge >= 0.3 is 0 Å². The minimum Gasteiger partial charge on any atom is -0.321 e. The molecule has 1 rings (SSSR count). The molecule has 0 atom stereocenters. The summed E-state index contributed by atoms with van der Waals surface area (Å²) >= 11 is 10.9. The molecular formula is C6H7Cl2N3O. The summed E-state index contributed by atoms with van der Waals surface area (Å²) in [4.78, 5) is 10.8. The van der Waals surface area contributed by atoms with Crippen LogP contribution in [0, 0.1) is 0 Å². The fraction of sp³-hybridized carbons (Fsp3) is 0.333. The van der Waals surface area contributed by atoms with E-state index >= 15 is 0 Å². The van der Waals surface area contributed by atoms with Gasteiger partial charge in [-0.2, -0.15) is 5.10 Å². The fourth-order valence-corrected chi connectivity index (χ4v) is 1.01. The van der Waals surface area contributed by atoms with Crippen LogP contribution in [0.1, 0.15) is 0 Å². The number of carbonyl (C=O) groups excluding carboxylic acids is 1. The zero-order valence-corrected chi connectivity index (χ0v) is 7.85. The van der Waals surface area contributed by atoms with E-state index in [1.165, 1.54) is 4.68 Å². The van der Waals surface area contributed by atoms with E-state index in [4.69, 9.17) is 23.2 Å². The maximum atomic E-state index is 10.8. The summed E-state index contributed by atoms with van der Waals surface area (Å²) in [6, 6.07) is 0. The Bertz CT molecular complexity index is 297. The predicted molar refractivity (Wildman–Crippen MR) is 47.6 cm³/mol. The molecule has 0 unspecified atom stereocenters. The average molecular weight is 208 g/mol. The van der Waals surface area contributed by atoms with Crippen LogP contribution in [0.25, 0.3) is 0 Å². The van der Waals surface area contributed by atoms with Crippen molar-refractivity contribution in [2.75, 3.05) is 11.2 Å². The van der Waals surface area contributed by atoms with Crippen LogP contribution in [0.4, 0.5) is 5.69 Å². The summed E-state index contributed by atoms with van der Waals surface area (Å²) in [5.74, 6) is -0.392. The summed E-state index contributed by atoms with van der Waals surface area (Å²) in [6.07, 6.45) is 1.60. The highest BCUT2D eigenvalue weighted by molar-refractivity contribution is 6.33. The van der Waals surface area contributed by atoms with Gasteiger partial charge in [0.2, 0.25) is 5.91 Å². The highest BCUT2D eigenvalue weighted by Crippen LogP contribution is 2.18. The van der Waals surface area contributed by atoms with E-state index < -0.39 is 0 Å². The van der Waals surface area contributed by atoms with Gasteiger partial charge in [0.05, 0.1) is 5.69 Å². The normalized spacial score (nSPS) is 9.92. The predicted octanol–water partition coefficient (Wildman–Crippen LogP) is 1.25. The van der Waals surface area contributed by atoms with Crippen molar-refractivity contribution in [3.8, 4) is 0 Å². The highest BCUT2D eigenvalue weighted by atomic mass is 35.5. The molecule has 1 aromatic rings. The Balaban J connectivity index is 2.75. The second-order valence-electron chi connectivity index (χ2n) is 2.19. The Hall–Kier alpha value is -0.740. The Labute approximate surface area is 79.5 Å². The molecule has 0 aromatic carbocycles. The van der Waals surface area contributed by atoms with Gasteiger partial charge in [0.15, 0.2) is 5.15 Å². The van der Waals surface area contributed by atoms with E-state index in [0.717, 1.165) is 0 Å². The molecule has 4 nitrogen and oxygen atoms in total. The van der Waals surface area contributed by atoms with E-state index in [9.17, 15) is 4.79 Å². The van der Waals surface area contributed by atoms with Crippen LogP contribution in [0.2, 0.25) is 5.15 Å². The summed E-state index contributed by atoms with van der Waals surface area (Å²) in [6.45, 7) is 0. The van der Waals surface area contributed by atoms with Crippen LogP contribution >= 0.6 is 23.2 Å². The number of hydrogen-bond donors (Lipinski definition) is 1. The summed E-state index contributed by atoms with van der Waals surface area (Å²) in [5.41, 5.74) is 0.477. The molecule has 0 fully saturated rings. The molecule has 0 saturated carbocycles. The van der Waals surface area contributed by atoms with Gasteiger partial charge in [-0.1, -0.05) is 11.6 Å². The maximum Gasteiger partial charge on any atom is 0.239 e. The molecule has 1 aromatic heterocycles. The molecular weight excluding hydrogens is 201 g/mol. The Morgan fingerprint density at radius 1 is 1.83 bits per heavy atom. The minimum absolute atomic E-state index is 0.0920. The van der Waals surface area contributed by atoms with E-state index in [2.05, 4.69) is 10.4 Å². The smallest absolute Gasteiger partial charge is 0.239 e. The number of aryl methyl sites for hydroxylation is 1. The molecule has 6 heteroatoms. The number of hydrogen-bond acceptors (Lipinski definition) is 2. The van der Waals surface area contributed by atoms with Gasteiger partial charge in [-0.3, -0.25) is 9.48 Å². The van der Waals surface area contributed by atoms with Crippen LogP contribution < -0.4 is 5.32 Å². The first kappa shape index (κ1) is 9.35. The molecule has 1 N–H and O–H groups in total. The standard InChI is InChI=1S/C6H7Cl2N3O/c1-11-3-4(6(8)10-11)9-5(12)2-7/h3H,2H2,1H3,(H,9,12). The fourth-order valence-electron chi connectivity index (χ4n) is 0.729. The Morgan fingerprint density at radius 2 is 2.50 bits per heavy atom. The molecule has 0 spiro atoms. The van der Waals surface area contributed by atoms with Crippen LogP contribution in [-0.2, 0) is 11.8 Å². The maximum absolute atomic E-state index is 10.8. The second kappa shape index (κ2) is 3.78. The quantitative estimate of drug-likeness (QED) is 0.743. The first-order chi connectivity index (χ1) is 5.63. The van der Waals surface area contributed by atoms with Gasteiger partial charge in [0.1, 0.15) is 5.88 Å². The van der Waals surface area contributed by atoms with Gasteiger partial charge in [-0.05, 0) is 0 Å². The lowest BCUT2D eigenvalue weighted by molar-refractivity contribution is -0.113. The van der Waals surface area contributed by atoms with E-state index in [1.54, 1.807) is 13.2 Å². The molecule has 0 aliphatic rings. The third-order valence-corrected chi connectivity index (χ3v) is 1.70. The van der Waals surface area contributed by atoms with Crippen molar-refractivity contribution in [2.45, 2.75) is 0 Å².